The molecule has 8 aromatic rings. The summed E-state index contributed by atoms with van der Waals surface area (Å²) < 4.78 is 8.88. The molecule has 60 heavy (non-hydrogen) atoms. The van der Waals surface area contributed by atoms with Crippen LogP contribution in [0, 0.1) is 18.8 Å². The first-order valence-corrected chi connectivity index (χ1v) is 20.5. The average Bonchev–Trinajstić information content (AvgIpc) is 3.76. The van der Waals surface area contributed by atoms with Crippen molar-refractivity contribution in [1.82, 2.24) is 9.55 Å². The Balaban J connectivity index is 0.00000499. The summed E-state index contributed by atoms with van der Waals surface area (Å²) in [4.78, 5) is 9.39. The molecule has 0 spiro atoms. The Morgan fingerprint density at radius 1 is 0.533 bits per heavy atom. The van der Waals surface area contributed by atoms with Crippen LogP contribution in [0.5, 0.6) is 11.5 Å². The Morgan fingerprint density at radius 2 is 1.23 bits per heavy atom. The largest absolute Gasteiger partial charge is 0.509 e. The molecule has 1 aliphatic rings. The molecule has 6 aromatic carbocycles. The van der Waals surface area contributed by atoms with E-state index in [-0.39, 0.29) is 37.3 Å². The fraction of sp³-hybridized carbons (Fsp3) is 0.222. The minimum absolute atomic E-state index is 0. The third kappa shape index (κ3) is 7.77. The number of benzene rings is 6. The van der Waals surface area contributed by atoms with Gasteiger partial charge in [0.05, 0.1) is 0 Å². The monoisotopic (exact) mass is 966 g/mol. The van der Waals surface area contributed by atoms with Crippen molar-refractivity contribution in [3.05, 3.63) is 175 Å². The van der Waals surface area contributed by atoms with Gasteiger partial charge in [0.2, 0.25) is 0 Å². The third-order valence-electron chi connectivity index (χ3n) is 11.4. The van der Waals surface area contributed by atoms with E-state index < -0.39 is 0 Å². The first-order chi connectivity index (χ1) is 28.1. The second-order valence-corrected chi connectivity index (χ2v) is 18.8. The first-order valence-electron chi connectivity index (χ1n) is 20.5. The number of aromatic nitrogens is 2. The molecule has 0 saturated heterocycles. The van der Waals surface area contributed by atoms with Crippen LogP contribution in [-0.4, -0.2) is 9.55 Å². The van der Waals surface area contributed by atoms with E-state index in [4.69, 9.17) is 9.72 Å². The Morgan fingerprint density at radius 3 is 1.98 bits per heavy atom. The maximum absolute atomic E-state index is 6.66. The summed E-state index contributed by atoms with van der Waals surface area (Å²) in [6.45, 7) is 22.4. The van der Waals surface area contributed by atoms with Gasteiger partial charge in [-0.15, -0.1) is 48.1 Å². The van der Waals surface area contributed by atoms with Crippen LogP contribution in [0.4, 0.5) is 22.7 Å². The second kappa shape index (κ2) is 15.4. The van der Waals surface area contributed by atoms with Crippen molar-refractivity contribution >= 4 is 44.6 Å². The van der Waals surface area contributed by atoms with E-state index in [9.17, 15) is 0 Å². The molecule has 2 aromatic heterocycles. The van der Waals surface area contributed by atoms with E-state index in [1.165, 1.54) is 27.6 Å². The average molecular weight is 967 g/mol. The van der Waals surface area contributed by atoms with E-state index in [0.29, 0.717) is 11.5 Å². The normalized spacial score (nSPS) is 13.2. The van der Waals surface area contributed by atoms with Crippen LogP contribution < -0.4 is 14.5 Å². The standard InChI is InChI=1S/C54H51N4O.Pt/c1-52(2,3)38-17-13-18-41(30-38)57-35-56(48-25-21-37(29-50(48)57)36-15-11-10-12-16-36)42-19-14-20-43(33-42)59-44-23-24-45-46-31-39(53(4,5)6)22-26-47(46)58(49(45)34-44)51-32-40(27-28-55-51)54(7,8)9;/h10-32,35H,1-9H3;/q-3;. The van der Waals surface area contributed by atoms with Crippen LogP contribution in [0.15, 0.2) is 140 Å². The number of pyridine rings is 1. The zero-order valence-corrected chi connectivity index (χ0v) is 38.1. The summed E-state index contributed by atoms with van der Waals surface area (Å²) >= 11 is 0. The van der Waals surface area contributed by atoms with Crippen molar-refractivity contribution in [1.29, 1.82) is 0 Å². The summed E-state index contributed by atoms with van der Waals surface area (Å²) in [5.74, 6) is 2.07. The fourth-order valence-electron chi connectivity index (χ4n) is 7.94. The van der Waals surface area contributed by atoms with Gasteiger partial charge in [0.1, 0.15) is 5.82 Å². The van der Waals surface area contributed by atoms with E-state index in [0.717, 1.165) is 50.6 Å². The van der Waals surface area contributed by atoms with Gasteiger partial charge in [0.15, 0.2) is 0 Å². The Kier molecular flexibility index (Phi) is 10.6. The predicted octanol–water partition coefficient (Wildman–Crippen LogP) is 14.5. The SMILES string of the molecule is CC(C)(C)c1cccc(N2[CH-]N(c3[c-]c(Oc4[c-]c5c(cc4)c4cc(C(C)(C)C)ccc4n5-c4cc(C(C)(C)C)ccn4)ccc3)c3ccc(-c4ccccc4)cc32)c1.[Pt]. The van der Waals surface area contributed by atoms with E-state index in [1.54, 1.807) is 0 Å². The van der Waals surface area contributed by atoms with Crippen LogP contribution in [0.2, 0.25) is 0 Å². The van der Waals surface area contributed by atoms with E-state index in [1.807, 2.05) is 24.4 Å². The van der Waals surface area contributed by atoms with Gasteiger partial charge in [-0.1, -0.05) is 128 Å². The van der Waals surface area contributed by atoms with Gasteiger partial charge in [-0.25, -0.2) is 4.98 Å². The molecule has 9 rings (SSSR count). The molecular formula is C54H51N4OPt-3. The van der Waals surface area contributed by atoms with Crippen molar-refractivity contribution in [3.8, 4) is 28.4 Å². The molecule has 0 unspecified atom stereocenters. The van der Waals surface area contributed by atoms with Crippen molar-refractivity contribution in [2.45, 2.75) is 78.6 Å². The Bertz CT molecular complexity index is 2860. The van der Waals surface area contributed by atoms with E-state index >= 15 is 0 Å². The zero-order chi connectivity index (χ0) is 41.3. The van der Waals surface area contributed by atoms with E-state index in [2.05, 4.69) is 211 Å². The summed E-state index contributed by atoms with van der Waals surface area (Å²) in [5, 5.41) is 2.27. The fourth-order valence-corrected chi connectivity index (χ4v) is 7.94. The number of fused-ring (bicyclic) bond motifs is 4. The first kappa shape index (κ1) is 41.1. The molecule has 0 amide bonds. The summed E-state index contributed by atoms with van der Waals surface area (Å²) in [6.07, 6.45) is 1.91. The predicted molar refractivity (Wildman–Crippen MR) is 246 cm³/mol. The number of hydrogen-bond acceptors (Lipinski definition) is 4. The molecule has 6 heteroatoms. The maximum atomic E-state index is 6.66. The van der Waals surface area contributed by atoms with Gasteiger partial charge in [-0.2, -0.15) is 12.1 Å². The molecule has 0 saturated carbocycles. The van der Waals surface area contributed by atoms with Crippen LogP contribution in [0.1, 0.15) is 79.0 Å². The quantitative estimate of drug-likeness (QED) is 0.156. The summed E-state index contributed by atoms with van der Waals surface area (Å²) in [7, 11) is 0. The van der Waals surface area contributed by atoms with Crippen LogP contribution in [0.25, 0.3) is 38.8 Å². The smallest absolute Gasteiger partial charge is 0.135 e. The number of anilines is 4. The molecule has 0 fully saturated rings. The number of hydrogen-bond donors (Lipinski definition) is 0. The Labute approximate surface area is 369 Å². The third-order valence-corrected chi connectivity index (χ3v) is 11.4. The second-order valence-electron chi connectivity index (χ2n) is 18.8. The van der Waals surface area contributed by atoms with Crippen LogP contribution >= 0.6 is 0 Å². The van der Waals surface area contributed by atoms with Gasteiger partial charge in [0, 0.05) is 61.3 Å². The molecule has 0 aliphatic carbocycles. The minimum Gasteiger partial charge on any atom is -0.509 e. The van der Waals surface area contributed by atoms with Gasteiger partial charge in [-0.3, -0.25) is 0 Å². The zero-order valence-electron chi connectivity index (χ0n) is 35.9. The molecule has 306 valence electrons. The molecular weight excluding hydrogens is 916 g/mol. The van der Waals surface area contributed by atoms with Crippen molar-refractivity contribution in [2.24, 2.45) is 0 Å². The number of ether oxygens (including phenoxy) is 1. The van der Waals surface area contributed by atoms with Crippen LogP contribution in [0.3, 0.4) is 0 Å². The van der Waals surface area contributed by atoms with Crippen molar-refractivity contribution in [2.75, 3.05) is 9.80 Å². The van der Waals surface area contributed by atoms with Crippen molar-refractivity contribution < 1.29 is 25.8 Å². The Hall–Kier alpha value is -5.64. The maximum Gasteiger partial charge on any atom is 0.135 e. The molecule has 0 atom stereocenters. The van der Waals surface area contributed by atoms with Gasteiger partial charge >= 0.3 is 0 Å². The topological polar surface area (TPSA) is 33.5 Å². The molecule has 0 radical (unpaired) electrons. The number of nitrogens with zero attached hydrogens (tertiary/aromatic N) is 4. The summed E-state index contributed by atoms with van der Waals surface area (Å²) in [6, 6.07) is 54.7. The summed E-state index contributed by atoms with van der Waals surface area (Å²) in [5.41, 5.74) is 12.3. The van der Waals surface area contributed by atoms with Gasteiger partial charge in [0.25, 0.3) is 0 Å². The van der Waals surface area contributed by atoms with Crippen molar-refractivity contribution in [3.63, 3.8) is 0 Å². The molecule has 0 N–H and O–H groups in total. The van der Waals surface area contributed by atoms with Gasteiger partial charge in [-0.05, 0) is 91.9 Å². The minimum atomic E-state index is -0.0281. The molecule has 5 nitrogen and oxygen atoms in total. The van der Waals surface area contributed by atoms with Gasteiger partial charge < -0.3 is 19.1 Å². The molecule has 0 bridgehead atoms. The molecule has 1 aliphatic heterocycles. The van der Waals surface area contributed by atoms with Crippen LogP contribution in [-0.2, 0) is 37.3 Å². The molecule has 3 heterocycles. The number of rotatable bonds is 6.